The number of rotatable bonds is 9. The van der Waals surface area contributed by atoms with Crippen LogP contribution in [-0.4, -0.2) is 46.1 Å². The van der Waals surface area contributed by atoms with Gasteiger partial charge in [-0.1, -0.05) is 38.1 Å². The van der Waals surface area contributed by atoms with Crippen molar-refractivity contribution in [3.8, 4) is 17.1 Å². The molecular formula is C26H29BrN4O3. The molecule has 2 aromatic carbocycles. The summed E-state index contributed by atoms with van der Waals surface area (Å²) in [6, 6.07) is 10.2. The molecule has 34 heavy (non-hydrogen) atoms. The molecule has 178 valence electrons. The number of hydrogen-bond acceptors (Lipinski definition) is 5. The third kappa shape index (κ3) is 4.52. The van der Waals surface area contributed by atoms with Crippen molar-refractivity contribution in [2.45, 2.75) is 39.2 Å². The largest absolute Gasteiger partial charge is 0.494 e. The third-order valence-electron chi connectivity index (χ3n) is 6.04. The number of imidazole rings is 2. The number of ether oxygens (including phenoxy) is 2. The lowest BCUT2D eigenvalue weighted by Crippen LogP contribution is -2.18. The smallest absolute Gasteiger partial charge is 0.195 e. The summed E-state index contributed by atoms with van der Waals surface area (Å²) < 4.78 is 13.9. The molecule has 7 nitrogen and oxygen atoms in total. The molecule has 8 heteroatoms. The Morgan fingerprint density at radius 1 is 1.21 bits per heavy atom. The van der Waals surface area contributed by atoms with Crippen LogP contribution in [0.15, 0.2) is 47.2 Å². The fraction of sp³-hybridized carbons (Fsp3) is 0.346. The summed E-state index contributed by atoms with van der Waals surface area (Å²) in [6.07, 6.45) is 4.12. The number of ketones is 1. The second-order valence-corrected chi connectivity index (χ2v) is 9.37. The number of methoxy groups -OCH3 is 2. The SMILES string of the molecule is COCCC(c1cc(OC)c2[nH]c(-c3ccc(C(C)C)cc3)nc2c1Br)n1ccnc1C(C)=O. The van der Waals surface area contributed by atoms with Crippen LogP contribution in [0.1, 0.15) is 60.9 Å². The first-order valence-electron chi connectivity index (χ1n) is 11.2. The Morgan fingerprint density at radius 3 is 2.56 bits per heavy atom. The van der Waals surface area contributed by atoms with Crippen molar-refractivity contribution in [3.05, 3.63) is 64.1 Å². The van der Waals surface area contributed by atoms with Gasteiger partial charge in [0.25, 0.3) is 0 Å². The molecule has 0 saturated heterocycles. The number of aromatic nitrogens is 4. The lowest BCUT2D eigenvalue weighted by Gasteiger charge is -2.22. The number of H-pyrrole nitrogens is 1. The summed E-state index contributed by atoms with van der Waals surface area (Å²) in [5, 5.41) is 0. The van der Waals surface area contributed by atoms with E-state index in [2.05, 4.69) is 64.0 Å². The van der Waals surface area contributed by atoms with Gasteiger partial charge in [0.2, 0.25) is 0 Å². The molecule has 0 aliphatic carbocycles. The highest BCUT2D eigenvalue weighted by atomic mass is 79.9. The van der Waals surface area contributed by atoms with Gasteiger partial charge in [0.05, 0.1) is 17.6 Å². The first kappa shape index (κ1) is 24.2. The van der Waals surface area contributed by atoms with Crippen molar-refractivity contribution in [1.29, 1.82) is 0 Å². The van der Waals surface area contributed by atoms with Crippen LogP contribution >= 0.6 is 15.9 Å². The molecular weight excluding hydrogens is 496 g/mol. The first-order chi connectivity index (χ1) is 16.3. The number of Topliss-reactive ketones (excluding diaryl/α,β-unsaturated/α-hetero) is 1. The zero-order valence-electron chi connectivity index (χ0n) is 20.1. The van der Waals surface area contributed by atoms with Gasteiger partial charge in [-0.2, -0.15) is 0 Å². The van der Waals surface area contributed by atoms with Crippen molar-refractivity contribution >= 4 is 32.7 Å². The van der Waals surface area contributed by atoms with E-state index in [0.29, 0.717) is 30.5 Å². The van der Waals surface area contributed by atoms with Crippen LogP contribution in [0, 0.1) is 0 Å². The summed E-state index contributed by atoms with van der Waals surface area (Å²) in [4.78, 5) is 24.8. The Balaban J connectivity index is 1.86. The number of fused-ring (bicyclic) bond motifs is 1. The fourth-order valence-corrected chi connectivity index (χ4v) is 4.87. The molecule has 2 aromatic heterocycles. The number of benzene rings is 2. The van der Waals surface area contributed by atoms with Crippen molar-refractivity contribution in [2.75, 3.05) is 20.8 Å². The van der Waals surface area contributed by atoms with Crippen molar-refractivity contribution in [2.24, 2.45) is 0 Å². The average Bonchev–Trinajstić information content (AvgIpc) is 3.49. The van der Waals surface area contributed by atoms with Crippen molar-refractivity contribution in [1.82, 2.24) is 19.5 Å². The Kier molecular flexibility index (Phi) is 7.19. The Bertz CT molecular complexity index is 1310. The zero-order chi connectivity index (χ0) is 24.4. The van der Waals surface area contributed by atoms with E-state index in [1.807, 2.05) is 16.8 Å². The maximum absolute atomic E-state index is 12.2. The highest BCUT2D eigenvalue weighted by molar-refractivity contribution is 9.10. The van der Waals surface area contributed by atoms with Gasteiger partial charge in [-0.15, -0.1) is 0 Å². The molecule has 1 unspecified atom stereocenters. The molecule has 4 rings (SSSR count). The Labute approximate surface area is 207 Å². The van der Waals surface area contributed by atoms with Gasteiger partial charge >= 0.3 is 0 Å². The van der Waals surface area contributed by atoms with E-state index in [4.69, 9.17) is 14.5 Å². The van der Waals surface area contributed by atoms with Gasteiger partial charge in [0, 0.05) is 38.6 Å². The second-order valence-electron chi connectivity index (χ2n) is 8.58. The van der Waals surface area contributed by atoms with Crippen LogP contribution in [0.5, 0.6) is 5.75 Å². The Hall–Kier alpha value is -2.97. The monoisotopic (exact) mass is 524 g/mol. The number of carbonyl (C=O) groups is 1. The molecule has 0 bridgehead atoms. The lowest BCUT2D eigenvalue weighted by molar-refractivity contribution is 0.0996. The molecule has 1 N–H and O–H groups in total. The number of aromatic amines is 1. The first-order valence-corrected chi connectivity index (χ1v) is 12.0. The van der Waals surface area contributed by atoms with Crippen LogP contribution in [0.4, 0.5) is 0 Å². The quantitative estimate of drug-likeness (QED) is 0.265. The molecule has 0 radical (unpaired) electrons. The molecule has 0 spiro atoms. The summed E-state index contributed by atoms with van der Waals surface area (Å²) in [7, 11) is 3.31. The summed E-state index contributed by atoms with van der Waals surface area (Å²) in [5.41, 5.74) is 4.80. The van der Waals surface area contributed by atoms with E-state index in [1.165, 1.54) is 12.5 Å². The molecule has 2 heterocycles. The van der Waals surface area contributed by atoms with E-state index in [1.54, 1.807) is 20.4 Å². The van der Waals surface area contributed by atoms with Crippen LogP contribution in [-0.2, 0) is 4.74 Å². The normalized spacial score (nSPS) is 12.4. The minimum Gasteiger partial charge on any atom is -0.494 e. The number of nitrogens with one attached hydrogen (secondary N) is 1. The number of carbonyl (C=O) groups excluding carboxylic acids is 1. The predicted molar refractivity (Wildman–Crippen MR) is 137 cm³/mol. The fourth-order valence-electron chi connectivity index (χ4n) is 4.20. The van der Waals surface area contributed by atoms with Crippen LogP contribution < -0.4 is 4.74 Å². The maximum Gasteiger partial charge on any atom is 0.195 e. The van der Waals surface area contributed by atoms with E-state index in [9.17, 15) is 4.79 Å². The van der Waals surface area contributed by atoms with E-state index >= 15 is 0 Å². The van der Waals surface area contributed by atoms with Gasteiger partial charge in [0.15, 0.2) is 11.6 Å². The van der Waals surface area contributed by atoms with Gasteiger partial charge in [0.1, 0.15) is 22.6 Å². The third-order valence-corrected chi connectivity index (χ3v) is 6.88. The molecule has 0 aliphatic rings. The summed E-state index contributed by atoms with van der Waals surface area (Å²) in [6.45, 7) is 6.39. The van der Waals surface area contributed by atoms with E-state index < -0.39 is 0 Å². The van der Waals surface area contributed by atoms with E-state index in [0.717, 1.165) is 32.5 Å². The van der Waals surface area contributed by atoms with Crippen molar-refractivity contribution in [3.63, 3.8) is 0 Å². The van der Waals surface area contributed by atoms with Gasteiger partial charge in [-0.05, 0) is 45.5 Å². The molecule has 4 aromatic rings. The lowest BCUT2D eigenvalue weighted by atomic mass is 10.0. The predicted octanol–water partition coefficient (Wildman–Crippen LogP) is 6.15. The Morgan fingerprint density at radius 2 is 1.94 bits per heavy atom. The molecule has 0 fully saturated rings. The molecule has 0 aliphatic heterocycles. The van der Waals surface area contributed by atoms with Crippen LogP contribution in [0.2, 0.25) is 0 Å². The van der Waals surface area contributed by atoms with Crippen molar-refractivity contribution < 1.29 is 14.3 Å². The highest BCUT2D eigenvalue weighted by Crippen LogP contribution is 2.40. The van der Waals surface area contributed by atoms with Gasteiger partial charge < -0.3 is 19.0 Å². The highest BCUT2D eigenvalue weighted by Gasteiger charge is 2.25. The zero-order valence-corrected chi connectivity index (χ0v) is 21.6. The molecule has 1 atom stereocenters. The van der Waals surface area contributed by atoms with Gasteiger partial charge in [-0.3, -0.25) is 4.79 Å². The standard InChI is InChI=1S/C26H29BrN4O3/c1-15(2)17-6-8-18(9-7-17)25-29-23-21(34-5)14-19(22(27)24(23)30-25)20(10-13-33-4)31-12-11-28-26(31)16(3)32/h6-9,11-12,14-15,20H,10,13H2,1-5H3,(H,29,30). The minimum atomic E-state index is -0.195. The summed E-state index contributed by atoms with van der Waals surface area (Å²) in [5.74, 6) is 2.22. The molecule has 0 amide bonds. The minimum absolute atomic E-state index is 0.0940. The number of halogens is 1. The van der Waals surface area contributed by atoms with Gasteiger partial charge in [-0.25, -0.2) is 9.97 Å². The summed E-state index contributed by atoms with van der Waals surface area (Å²) >= 11 is 3.80. The second kappa shape index (κ2) is 10.1. The number of nitrogens with zero attached hydrogens (tertiary/aromatic N) is 3. The topological polar surface area (TPSA) is 82.0 Å². The number of hydrogen-bond donors (Lipinski definition) is 1. The maximum atomic E-state index is 12.2. The molecule has 0 saturated carbocycles. The van der Waals surface area contributed by atoms with E-state index in [-0.39, 0.29) is 11.8 Å². The average molecular weight is 525 g/mol. The van der Waals surface area contributed by atoms with Crippen LogP contribution in [0.3, 0.4) is 0 Å². The van der Waals surface area contributed by atoms with Crippen LogP contribution in [0.25, 0.3) is 22.4 Å².